The molecule has 0 bridgehead atoms. The molecule has 6 aromatic carbocycles. The van der Waals surface area contributed by atoms with Crippen molar-refractivity contribution in [1.29, 1.82) is 0 Å². The third kappa shape index (κ3) is 16.2. The second-order valence-electron chi connectivity index (χ2n) is 14.4. The highest BCUT2D eigenvalue weighted by atomic mass is 19.4. The summed E-state index contributed by atoms with van der Waals surface area (Å²) in [7, 11) is 2.56. The highest BCUT2D eigenvalue weighted by Gasteiger charge is 2.31. The fourth-order valence-corrected chi connectivity index (χ4v) is 6.45. The Morgan fingerprint density at radius 3 is 1.27 bits per heavy atom. The van der Waals surface area contributed by atoms with Crippen molar-refractivity contribution in [3.63, 3.8) is 0 Å². The molecule has 2 atom stereocenters. The molecule has 0 spiro atoms. The van der Waals surface area contributed by atoms with Gasteiger partial charge in [0.25, 0.3) is 0 Å². The van der Waals surface area contributed by atoms with Crippen LogP contribution >= 0.6 is 0 Å². The molecule has 15 heteroatoms. The van der Waals surface area contributed by atoms with Gasteiger partial charge in [0, 0.05) is 5.92 Å². The van der Waals surface area contributed by atoms with Crippen LogP contribution in [0.4, 0.5) is 26.3 Å². The Morgan fingerprint density at radius 2 is 0.925 bits per heavy atom. The van der Waals surface area contributed by atoms with Crippen LogP contribution in [0.15, 0.2) is 151 Å². The van der Waals surface area contributed by atoms with Gasteiger partial charge >= 0.3 is 24.3 Å². The van der Waals surface area contributed by atoms with E-state index < -0.39 is 47.3 Å². The summed E-state index contributed by atoms with van der Waals surface area (Å²) < 4.78 is 97.5. The topological polar surface area (TPSA) is 121 Å². The number of halogens is 6. The predicted molar refractivity (Wildman–Crippen MR) is 244 cm³/mol. The number of rotatable bonds is 16. The van der Waals surface area contributed by atoms with E-state index in [0.717, 1.165) is 52.1 Å². The molecule has 0 saturated heterocycles. The molecule has 0 saturated carbocycles. The van der Waals surface area contributed by atoms with Crippen molar-refractivity contribution in [2.75, 3.05) is 14.2 Å². The molecule has 354 valence electrons. The molecular weight excluding hydrogens is 881 g/mol. The number of oxime groups is 1. The van der Waals surface area contributed by atoms with Crippen molar-refractivity contribution < 1.29 is 64.9 Å². The van der Waals surface area contributed by atoms with E-state index in [4.69, 9.17) is 14.7 Å². The minimum atomic E-state index is -4.37. The van der Waals surface area contributed by atoms with Gasteiger partial charge in [-0.15, -0.1) is 5.16 Å². The fraction of sp³-hybridized carbons (Fsp3) is 0.231. The van der Waals surface area contributed by atoms with Gasteiger partial charge in [0.1, 0.15) is 31.0 Å². The lowest BCUT2D eigenvalue weighted by Crippen LogP contribution is -2.10. The largest absolute Gasteiger partial charge is 0.489 e. The van der Waals surface area contributed by atoms with Crippen molar-refractivity contribution in [3.8, 4) is 33.8 Å². The highest BCUT2D eigenvalue weighted by Crippen LogP contribution is 2.33. The summed E-state index contributed by atoms with van der Waals surface area (Å²) in [5.41, 5.74) is 4.69. The maximum absolute atomic E-state index is 12.8. The normalized spacial score (nSPS) is 11.9. The van der Waals surface area contributed by atoms with Crippen LogP contribution in [0.25, 0.3) is 22.3 Å². The first-order chi connectivity index (χ1) is 31.1. The quantitative estimate of drug-likeness (QED) is 0.0254. The van der Waals surface area contributed by atoms with Crippen LogP contribution in [-0.4, -0.2) is 43.9 Å². The lowest BCUT2D eigenvalue weighted by atomic mass is 9.97. The molecule has 0 radical (unpaired) electrons. The molecule has 6 rings (SSSR count). The molecular formula is C52H51F6NO8. The third-order valence-electron chi connectivity index (χ3n) is 10.0. The molecule has 67 heavy (non-hydrogen) atoms. The minimum Gasteiger partial charge on any atom is -0.489 e. The highest BCUT2D eigenvalue weighted by molar-refractivity contribution is 5.79. The second-order valence-corrected chi connectivity index (χ2v) is 14.4. The smallest absolute Gasteiger partial charge is 0.416 e. The molecule has 0 amide bonds. The van der Waals surface area contributed by atoms with Crippen molar-refractivity contribution in [2.45, 2.75) is 65.1 Å². The molecule has 6 aromatic rings. The number of aldehydes is 1. The Kier molecular flexibility index (Phi) is 20.4. The molecule has 0 heterocycles. The number of alkyl halides is 6. The van der Waals surface area contributed by atoms with Crippen molar-refractivity contribution in [1.82, 2.24) is 0 Å². The first-order valence-corrected chi connectivity index (χ1v) is 19.8. The van der Waals surface area contributed by atoms with E-state index in [2.05, 4.69) is 14.6 Å². The van der Waals surface area contributed by atoms with Gasteiger partial charge in [0.2, 0.25) is 0 Å². The Labute approximate surface area is 385 Å². The van der Waals surface area contributed by atoms with Crippen molar-refractivity contribution >= 4 is 24.4 Å². The number of esters is 2. The van der Waals surface area contributed by atoms with E-state index in [9.17, 15) is 40.7 Å². The van der Waals surface area contributed by atoms with E-state index in [1.165, 1.54) is 44.7 Å². The summed E-state index contributed by atoms with van der Waals surface area (Å²) in [6, 6.07) is 38.6. The molecule has 9 nitrogen and oxygen atoms in total. The number of carbonyl (C=O) groups is 3. The molecule has 0 unspecified atom stereocenters. The van der Waals surface area contributed by atoms with Gasteiger partial charge in [-0.05, 0) is 105 Å². The zero-order valence-electron chi connectivity index (χ0n) is 35.0. The predicted octanol–water partition coefficient (Wildman–Crippen LogP) is 13.1. The average Bonchev–Trinajstić information content (AvgIpc) is 3.32. The summed E-state index contributed by atoms with van der Waals surface area (Å²) >= 11 is 0. The summed E-state index contributed by atoms with van der Waals surface area (Å²) in [4.78, 5) is 34.2. The van der Waals surface area contributed by atoms with Crippen LogP contribution in [-0.2, 0) is 49.4 Å². The maximum Gasteiger partial charge on any atom is 0.416 e. The number of carbonyl (C=O) groups excluding carboxylic acids is 3. The number of ether oxygens (including phenoxy) is 4. The summed E-state index contributed by atoms with van der Waals surface area (Å²) in [6.45, 7) is 0.518. The molecule has 0 aromatic heterocycles. The fourth-order valence-electron chi connectivity index (χ4n) is 6.45. The van der Waals surface area contributed by atoms with E-state index in [1.807, 2.05) is 48.5 Å². The van der Waals surface area contributed by atoms with E-state index in [-0.39, 0.29) is 40.9 Å². The van der Waals surface area contributed by atoms with E-state index >= 15 is 0 Å². The van der Waals surface area contributed by atoms with Crippen LogP contribution in [0.5, 0.6) is 11.5 Å². The van der Waals surface area contributed by atoms with Crippen molar-refractivity contribution in [3.05, 3.63) is 179 Å². The standard InChI is InChI=1S/C25H22F3NO4.C25H21F3O4.2CH4/c1-32-24(30)14-21(15-29-31)19-7-11-23(12-8-19)33-16-17-3-2-4-20(13-17)18-5-9-22(10-6-18)25(26,27)28;1-31-24(30)14-21(15-29)19-7-11-23(12-8-19)32-16-17-3-2-4-20(13-17)18-5-9-22(10-6-18)25(26,27)28;;/h2-13,15,21,31H,14,16H2,1H3;2-13,15,21H,14,16H2,1H3;2*1H4/t2*21-;;/m11../s1. The van der Waals surface area contributed by atoms with Crippen LogP contribution < -0.4 is 9.47 Å². The number of nitrogens with zero attached hydrogens (tertiary/aromatic N) is 1. The van der Waals surface area contributed by atoms with Crippen LogP contribution in [0.3, 0.4) is 0 Å². The van der Waals surface area contributed by atoms with E-state index in [0.29, 0.717) is 34.5 Å². The first-order valence-electron chi connectivity index (χ1n) is 19.8. The van der Waals surface area contributed by atoms with Crippen LogP contribution in [0, 0.1) is 0 Å². The van der Waals surface area contributed by atoms with Gasteiger partial charge in [-0.1, -0.05) is 99.8 Å². The molecule has 0 aliphatic carbocycles. The van der Waals surface area contributed by atoms with Gasteiger partial charge in [0.05, 0.1) is 50.3 Å². The monoisotopic (exact) mass is 931 g/mol. The first kappa shape index (κ1) is 53.9. The molecule has 0 aliphatic rings. The minimum absolute atomic E-state index is 0. The molecule has 1 N–H and O–H groups in total. The maximum atomic E-state index is 12.8. The number of hydrogen-bond acceptors (Lipinski definition) is 9. The lowest BCUT2D eigenvalue weighted by molar-refractivity contribution is -0.142. The Balaban J connectivity index is 0.000000345. The lowest BCUT2D eigenvalue weighted by Gasteiger charge is -2.12. The average molecular weight is 932 g/mol. The Hall–Kier alpha value is -7.42. The Bertz CT molecular complexity index is 2510. The number of methoxy groups -OCH3 is 2. The SMILES string of the molecule is C.C.COC(=O)C[C@H](C=NO)c1ccc(OCc2cccc(-c3ccc(C(F)(F)F)cc3)c2)cc1.COC(=O)C[C@H](C=O)c1ccc(OCc2cccc(-c3ccc(C(F)(F)F)cc3)c2)cc1. The summed E-state index contributed by atoms with van der Waals surface area (Å²) in [5, 5.41) is 11.9. The van der Waals surface area contributed by atoms with Crippen LogP contribution in [0.1, 0.15) is 72.9 Å². The second kappa shape index (κ2) is 25.3. The molecule has 0 aliphatic heterocycles. The van der Waals surface area contributed by atoms with Gasteiger partial charge in [-0.2, -0.15) is 26.3 Å². The van der Waals surface area contributed by atoms with E-state index in [1.54, 1.807) is 48.5 Å². The number of hydrogen-bond donors (Lipinski definition) is 1. The summed E-state index contributed by atoms with van der Waals surface area (Å²) in [5.74, 6) is -0.731. The third-order valence-corrected chi connectivity index (χ3v) is 10.0. The zero-order chi connectivity index (χ0) is 47.0. The summed E-state index contributed by atoms with van der Waals surface area (Å²) in [6.07, 6.45) is -6.75. The number of benzene rings is 6. The van der Waals surface area contributed by atoms with Crippen molar-refractivity contribution in [2.24, 2.45) is 5.16 Å². The van der Waals surface area contributed by atoms with Crippen LogP contribution in [0.2, 0.25) is 0 Å². The van der Waals surface area contributed by atoms with Gasteiger partial charge in [0.15, 0.2) is 0 Å². The zero-order valence-corrected chi connectivity index (χ0v) is 35.0. The van der Waals surface area contributed by atoms with Gasteiger partial charge < -0.3 is 28.9 Å². The van der Waals surface area contributed by atoms with Gasteiger partial charge in [-0.25, -0.2) is 0 Å². The van der Waals surface area contributed by atoms with Gasteiger partial charge in [-0.3, -0.25) is 9.59 Å². The molecule has 0 fully saturated rings. The Morgan fingerprint density at radius 1 is 0.552 bits per heavy atom.